The average molecular weight is 397 g/mol. The number of amides is 1. The largest absolute Gasteiger partial charge is 0.358 e. The normalized spacial score (nSPS) is 10.6. The Bertz CT molecular complexity index is 446. The van der Waals surface area contributed by atoms with E-state index in [0.29, 0.717) is 12.5 Å². The highest BCUT2D eigenvalue weighted by atomic mass is 127. The van der Waals surface area contributed by atoms with Crippen LogP contribution in [0.5, 0.6) is 0 Å². The molecule has 0 aliphatic rings. The maximum absolute atomic E-state index is 11.1. The van der Waals surface area contributed by atoms with Gasteiger partial charge in [0, 0.05) is 19.0 Å². The van der Waals surface area contributed by atoms with Crippen molar-refractivity contribution in [3.63, 3.8) is 0 Å². The topological polar surface area (TPSA) is 78.4 Å². The monoisotopic (exact) mass is 397 g/mol. The number of aliphatic imine (C=N–C) groups is 1. The number of likely N-dealkylation sites (N-methyl/N-ethyl adjacent to an activating group) is 1. The van der Waals surface area contributed by atoms with Crippen molar-refractivity contribution in [1.29, 1.82) is 0 Å². The number of halogens is 1. The summed E-state index contributed by atoms with van der Waals surface area (Å²) in [4.78, 5) is 20.7. The first-order valence-corrected chi connectivity index (χ1v) is 6.46. The van der Waals surface area contributed by atoms with Crippen molar-refractivity contribution in [1.82, 2.24) is 20.9 Å². The molecule has 0 atom stereocenters. The van der Waals surface area contributed by atoms with Crippen LogP contribution >= 0.6 is 35.3 Å². The number of guanidine groups is 1. The van der Waals surface area contributed by atoms with E-state index in [4.69, 9.17) is 0 Å². The number of thiazole rings is 1. The third-order valence-corrected chi connectivity index (χ3v) is 3.41. The van der Waals surface area contributed by atoms with Gasteiger partial charge in [0.15, 0.2) is 5.96 Å². The van der Waals surface area contributed by atoms with Gasteiger partial charge in [-0.3, -0.25) is 9.79 Å². The standard InChI is InChI=1S/C11H19N5OS.HI/c1-7-9(18-8(2)16-7)5-14-11(13-4)15-6-10(17)12-3;/h5-6H2,1-4H3,(H,12,17)(H2,13,14,15);1H. The molecule has 6 nitrogen and oxygen atoms in total. The van der Waals surface area contributed by atoms with Crippen LogP contribution in [0.4, 0.5) is 0 Å². The number of carbonyl (C=O) groups excluding carboxylic acids is 1. The number of nitrogens with zero attached hydrogens (tertiary/aromatic N) is 2. The smallest absolute Gasteiger partial charge is 0.239 e. The summed E-state index contributed by atoms with van der Waals surface area (Å²) in [6, 6.07) is 0. The Morgan fingerprint density at radius 3 is 2.53 bits per heavy atom. The second kappa shape index (κ2) is 9.08. The molecule has 0 spiro atoms. The summed E-state index contributed by atoms with van der Waals surface area (Å²) in [5.41, 5.74) is 1.03. The lowest BCUT2D eigenvalue weighted by Gasteiger charge is -2.10. The van der Waals surface area contributed by atoms with Gasteiger partial charge in [0.25, 0.3) is 0 Å². The fraction of sp³-hybridized carbons (Fsp3) is 0.545. The van der Waals surface area contributed by atoms with Crippen molar-refractivity contribution in [2.24, 2.45) is 4.99 Å². The number of hydrogen-bond donors (Lipinski definition) is 3. The molecule has 1 aromatic heterocycles. The molecule has 1 rings (SSSR count). The SMILES string of the molecule is CN=C(NCC(=O)NC)NCc1sc(C)nc1C.I. The minimum absolute atomic E-state index is 0. The van der Waals surface area contributed by atoms with Crippen LogP contribution < -0.4 is 16.0 Å². The first kappa shape index (κ1) is 18.1. The van der Waals surface area contributed by atoms with E-state index in [-0.39, 0.29) is 36.4 Å². The van der Waals surface area contributed by atoms with Crippen LogP contribution in [-0.2, 0) is 11.3 Å². The molecule has 0 saturated heterocycles. The molecular formula is C11H20IN5OS. The van der Waals surface area contributed by atoms with Gasteiger partial charge in [-0.2, -0.15) is 0 Å². The van der Waals surface area contributed by atoms with Crippen LogP contribution in [0.15, 0.2) is 4.99 Å². The highest BCUT2D eigenvalue weighted by Gasteiger charge is 2.06. The Kier molecular flexibility index (Phi) is 8.65. The predicted molar refractivity (Wildman–Crippen MR) is 89.3 cm³/mol. The van der Waals surface area contributed by atoms with Crippen molar-refractivity contribution in [3.05, 3.63) is 15.6 Å². The Hall–Kier alpha value is -0.900. The Balaban J connectivity index is 0.00000324. The molecule has 0 aliphatic heterocycles. The van der Waals surface area contributed by atoms with E-state index < -0.39 is 0 Å². The summed E-state index contributed by atoms with van der Waals surface area (Å²) in [6.07, 6.45) is 0. The summed E-state index contributed by atoms with van der Waals surface area (Å²) in [5, 5.41) is 9.67. The lowest BCUT2D eigenvalue weighted by molar-refractivity contribution is -0.119. The molecule has 108 valence electrons. The highest BCUT2D eigenvalue weighted by Crippen LogP contribution is 2.16. The lowest BCUT2D eigenvalue weighted by atomic mass is 10.4. The second-order valence-electron chi connectivity index (χ2n) is 3.69. The Morgan fingerprint density at radius 1 is 1.37 bits per heavy atom. The first-order chi connectivity index (χ1) is 8.56. The average Bonchev–Trinajstić information content (AvgIpc) is 2.67. The van der Waals surface area contributed by atoms with Gasteiger partial charge in [-0.25, -0.2) is 4.98 Å². The molecule has 0 aliphatic carbocycles. The van der Waals surface area contributed by atoms with Gasteiger partial charge in [0.1, 0.15) is 0 Å². The van der Waals surface area contributed by atoms with Crippen molar-refractivity contribution < 1.29 is 4.79 Å². The summed E-state index contributed by atoms with van der Waals surface area (Å²) in [6.45, 7) is 4.84. The minimum Gasteiger partial charge on any atom is -0.358 e. The molecule has 0 unspecified atom stereocenters. The number of rotatable bonds is 4. The molecule has 0 saturated carbocycles. The van der Waals surface area contributed by atoms with Crippen LogP contribution in [0.25, 0.3) is 0 Å². The number of aryl methyl sites for hydroxylation is 2. The fourth-order valence-electron chi connectivity index (χ4n) is 1.37. The summed E-state index contributed by atoms with van der Waals surface area (Å²) < 4.78 is 0. The van der Waals surface area contributed by atoms with Crippen LogP contribution in [0.1, 0.15) is 15.6 Å². The van der Waals surface area contributed by atoms with Crippen molar-refractivity contribution in [2.45, 2.75) is 20.4 Å². The predicted octanol–water partition coefficient (Wildman–Crippen LogP) is 0.789. The van der Waals surface area contributed by atoms with E-state index in [1.54, 1.807) is 25.4 Å². The zero-order valence-electron chi connectivity index (χ0n) is 11.5. The van der Waals surface area contributed by atoms with Crippen LogP contribution in [0.2, 0.25) is 0 Å². The molecule has 1 heterocycles. The first-order valence-electron chi connectivity index (χ1n) is 5.64. The molecule has 1 amide bonds. The number of carbonyl (C=O) groups is 1. The summed E-state index contributed by atoms with van der Waals surface area (Å²) in [5.74, 6) is 0.520. The third kappa shape index (κ3) is 6.19. The minimum atomic E-state index is -0.0808. The van der Waals surface area contributed by atoms with E-state index in [9.17, 15) is 4.79 Å². The number of hydrogen-bond acceptors (Lipinski definition) is 4. The van der Waals surface area contributed by atoms with E-state index in [0.717, 1.165) is 10.7 Å². The van der Waals surface area contributed by atoms with Crippen LogP contribution in [0.3, 0.4) is 0 Å². The molecule has 8 heteroatoms. The quantitative estimate of drug-likeness (QED) is 0.399. The van der Waals surface area contributed by atoms with Crippen LogP contribution in [0, 0.1) is 13.8 Å². The Morgan fingerprint density at radius 2 is 2.05 bits per heavy atom. The Labute approximate surface area is 134 Å². The van der Waals surface area contributed by atoms with Crippen molar-refractivity contribution in [3.8, 4) is 0 Å². The van der Waals surface area contributed by atoms with Crippen molar-refractivity contribution in [2.75, 3.05) is 20.6 Å². The van der Waals surface area contributed by atoms with Gasteiger partial charge in [-0.15, -0.1) is 35.3 Å². The summed E-state index contributed by atoms with van der Waals surface area (Å²) >= 11 is 1.66. The van der Waals surface area contributed by atoms with Crippen molar-refractivity contribution >= 4 is 47.2 Å². The molecule has 3 N–H and O–H groups in total. The van der Waals surface area contributed by atoms with Gasteiger partial charge in [0.05, 0.1) is 23.8 Å². The molecule has 0 fully saturated rings. The molecule has 1 aromatic rings. The zero-order chi connectivity index (χ0) is 13.5. The zero-order valence-corrected chi connectivity index (χ0v) is 14.7. The van der Waals surface area contributed by atoms with Gasteiger partial charge in [-0.05, 0) is 13.8 Å². The van der Waals surface area contributed by atoms with E-state index in [2.05, 4.69) is 25.9 Å². The van der Waals surface area contributed by atoms with E-state index in [1.165, 1.54) is 4.88 Å². The maximum atomic E-state index is 11.1. The molecule has 0 radical (unpaired) electrons. The maximum Gasteiger partial charge on any atom is 0.239 e. The van der Waals surface area contributed by atoms with Crippen LogP contribution in [-0.4, -0.2) is 37.5 Å². The second-order valence-corrected chi connectivity index (χ2v) is 4.98. The van der Waals surface area contributed by atoms with E-state index in [1.807, 2.05) is 13.8 Å². The molecule has 0 bridgehead atoms. The van der Waals surface area contributed by atoms with Gasteiger partial charge in [0.2, 0.25) is 5.91 Å². The lowest BCUT2D eigenvalue weighted by Crippen LogP contribution is -2.42. The summed E-state index contributed by atoms with van der Waals surface area (Å²) in [7, 11) is 3.27. The molecular weight excluding hydrogens is 377 g/mol. The highest BCUT2D eigenvalue weighted by molar-refractivity contribution is 14.0. The molecule has 19 heavy (non-hydrogen) atoms. The fourth-order valence-corrected chi connectivity index (χ4v) is 2.25. The van der Waals surface area contributed by atoms with Gasteiger partial charge in [-0.1, -0.05) is 0 Å². The van der Waals surface area contributed by atoms with Gasteiger partial charge < -0.3 is 16.0 Å². The number of aromatic nitrogens is 1. The third-order valence-electron chi connectivity index (χ3n) is 2.33. The van der Waals surface area contributed by atoms with E-state index >= 15 is 0 Å². The number of nitrogens with one attached hydrogen (secondary N) is 3. The molecule has 0 aromatic carbocycles. The van der Waals surface area contributed by atoms with Gasteiger partial charge >= 0.3 is 0 Å².